The lowest BCUT2D eigenvalue weighted by Crippen LogP contribution is -2.45. The van der Waals surface area contributed by atoms with E-state index in [2.05, 4.69) is 6.58 Å². The Labute approximate surface area is 135 Å². The summed E-state index contributed by atoms with van der Waals surface area (Å²) in [4.78, 5) is 31.8. The van der Waals surface area contributed by atoms with Gasteiger partial charge in [0.25, 0.3) is 0 Å². The van der Waals surface area contributed by atoms with Crippen molar-refractivity contribution in [2.75, 3.05) is 13.2 Å². The third-order valence-corrected chi connectivity index (χ3v) is 4.15. The minimum atomic E-state index is -0.524. The molecule has 2 fully saturated rings. The van der Waals surface area contributed by atoms with E-state index in [1.54, 1.807) is 4.90 Å². The van der Waals surface area contributed by atoms with Gasteiger partial charge in [0.2, 0.25) is 0 Å². The molecule has 0 N–H and O–H groups in total. The molecule has 2 aliphatic rings. The quantitative estimate of drug-likeness (QED) is 0.596. The maximum absolute atomic E-state index is 12.5. The van der Waals surface area contributed by atoms with Crippen molar-refractivity contribution in [3.8, 4) is 0 Å². The largest absolute Gasteiger partial charge is 0.460 e. The van der Waals surface area contributed by atoms with Crippen molar-refractivity contribution in [3.63, 3.8) is 0 Å². The van der Waals surface area contributed by atoms with Crippen LogP contribution in [0, 0.1) is 0 Å². The number of rotatable bonds is 6. The van der Waals surface area contributed by atoms with E-state index in [4.69, 9.17) is 9.57 Å². The first-order chi connectivity index (χ1) is 11.2. The second-order valence-corrected chi connectivity index (χ2v) is 5.69. The van der Waals surface area contributed by atoms with Crippen LogP contribution in [0.5, 0.6) is 0 Å². The van der Waals surface area contributed by atoms with E-state index in [0.29, 0.717) is 19.6 Å². The van der Waals surface area contributed by atoms with Gasteiger partial charge >= 0.3 is 12.0 Å². The Hall–Kier alpha value is -2.34. The maximum atomic E-state index is 12.5. The highest BCUT2D eigenvalue weighted by molar-refractivity contribution is 5.85. The molecule has 2 aliphatic heterocycles. The van der Waals surface area contributed by atoms with E-state index >= 15 is 0 Å². The summed E-state index contributed by atoms with van der Waals surface area (Å²) in [5.41, 5.74) is 0.999. The molecule has 0 unspecified atom stereocenters. The highest BCUT2D eigenvalue weighted by Crippen LogP contribution is 2.31. The number of ether oxygens (including phenoxy) is 1. The molecular weight excluding hydrogens is 296 g/mol. The molecule has 0 aliphatic carbocycles. The monoisotopic (exact) mass is 316 g/mol. The zero-order valence-corrected chi connectivity index (χ0v) is 12.9. The van der Waals surface area contributed by atoms with Crippen LogP contribution in [-0.2, 0) is 21.0 Å². The molecule has 1 aromatic carbocycles. The Morgan fingerprint density at radius 3 is 2.83 bits per heavy atom. The highest BCUT2D eigenvalue weighted by atomic mass is 16.7. The van der Waals surface area contributed by atoms with Crippen LogP contribution in [0.4, 0.5) is 4.79 Å². The van der Waals surface area contributed by atoms with Crippen LogP contribution < -0.4 is 0 Å². The van der Waals surface area contributed by atoms with Crippen molar-refractivity contribution in [3.05, 3.63) is 48.6 Å². The van der Waals surface area contributed by atoms with Crippen LogP contribution in [0.3, 0.4) is 0 Å². The molecular formula is C17H20N2O4. The number of piperidine rings is 1. The zero-order valence-electron chi connectivity index (χ0n) is 12.9. The predicted molar refractivity (Wildman–Crippen MR) is 83.1 cm³/mol. The van der Waals surface area contributed by atoms with Gasteiger partial charge in [0, 0.05) is 6.54 Å². The summed E-state index contributed by atoms with van der Waals surface area (Å²) in [6, 6.07) is 8.89. The minimum Gasteiger partial charge on any atom is -0.460 e. The van der Waals surface area contributed by atoms with Gasteiger partial charge in [0.05, 0.1) is 6.04 Å². The number of fused-ring (bicyclic) bond motifs is 2. The Balaban J connectivity index is 1.62. The van der Waals surface area contributed by atoms with Gasteiger partial charge in [-0.25, -0.2) is 9.59 Å². The SMILES string of the molecule is C=CCOC(=O)[C@H]1CC[C@H]2CN1C(=O)N2OCc1ccccc1. The number of carbonyl (C=O) groups is 2. The summed E-state index contributed by atoms with van der Waals surface area (Å²) in [7, 11) is 0. The fraction of sp³-hybridized carbons (Fsp3) is 0.412. The van der Waals surface area contributed by atoms with Crippen LogP contribution >= 0.6 is 0 Å². The van der Waals surface area contributed by atoms with Crippen molar-refractivity contribution in [2.24, 2.45) is 0 Å². The Bertz CT molecular complexity index is 590. The van der Waals surface area contributed by atoms with Crippen LogP contribution in [0.15, 0.2) is 43.0 Å². The van der Waals surface area contributed by atoms with Gasteiger partial charge < -0.3 is 9.64 Å². The number of nitrogens with zero attached hydrogens (tertiary/aromatic N) is 2. The van der Waals surface area contributed by atoms with Crippen LogP contribution in [0.25, 0.3) is 0 Å². The topological polar surface area (TPSA) is 59.1 Å². The van der Waals surface area contributed by atoms with E-state index in [-0.39, 0.29) is 24.6 Å². The van der Waals surface area contributed by atoms with Gasteiger partial charge in [-0.15, -0.1) is 0 Å². The van der Waals surface area contributed by atoms with Gasteiger partial charge in [-0.2, -0.15) is 5.06 Å². The van der Waals surface area contributed by atoms with Crippen molar-refractivity contribution in [2.45, 2.75) is 31.5 Å². The highest BCUT2D eigenvalue weighted by Gasteiger charge is 2.48. The fourth-order valence-electron chi connectivity index (χ4n) is 3.00. The average Bonchev–Trinajstić information content (AvgIpc) is 2.83. The molecule has 0 saturated carbocycles. The van der Waals surface area contributed by atoms with Crippen LogP contribution in [0.1, 0.15) is 18.4 Å². The standard InChI is InChI=1S/C17H20N2O4/c1-2-10-22-16(20)15-9-8-14-11-18(15)17(21)19(14)23-12-13-6-4-3-5-7-13/h2-7,14-15H,1,8-12H2/t14-,15+/m0/s1. The number of hydroxylamine groups is 2. The van der Waals surface area contributed by atoms with E-state index in [9.17, 15) is 9.59 Å². The lowest BCUT2D eigenvalue weighted by molar-refractivity contribution is -0.148. The summed E-state index contributed by atoms with van der Waals surface area (Å²) in [6.07, 6.45) is 2.84. The number of urea groups is 1. The van der Waals surface area contributed by atoms with Gasteiger partial charge in [-0.05, 0) is 18.4 Å². The smallest absolute Gasteiger partial charge is 0.345 e. The Morgan fingerprint density at radius 2 is 2.09 bits per heavy atom. The van der Waals surface area contributed by atoms with E-state index in [0.717, 1.165) is 12.0 Å². The van der Waals surface area contributed by atoms with Gasteiger partial charge in [-0.3, -0.25) is 4.84 Å². The number of hydrogen-bond acceptors (Lipinski definition) is 4. The summed E-state index contributed by atoms with van der Waals surface area (Å²) >= 11 is 0. The normalized spacial score (nSPS) is 23.0. The summed E-state index contributed by atoms with van der Waals surface area (Å²) in [5.74, 6) is -0.374. The molecule has 2 saturated heterocycles. The molecule has 1 aromatic rings. The van der Waals surface area contributed by atoms with E-state index in [1.165, 1.54) is 11.1 Å². The number of amides is 2. The summed E-state index contributed by atoms with van der Waals surface area (Å²) in [6.45, 7) is 4.52. The number of carbonyl (C=O) groups excluding carboxylic acids is 2. The first-order valence-electron chi connectivity index (χ1n) is 7.75. The lowest BCUT2D eigenvalue weighted by Gasteiger charge is -2.28. The van der Waals surface area contributed by atoms with Crippen molar-refractivity contribution < 1.29 is 19.2 Å². The van der Waals surface area contributed by atoms with E-state index in [1.807, 2.05) is 30.3 Å². The third-order valence-electron chi connectivity index (χ3n) is 4.15. The molecule has 122 valence electrons. The molecule has 2 bridgehead atoms. The van der Waals surface area contributed by atoms with E-state index < -0.39 is 6.04 Å². The average molecular weight is 316 g/mol. The number of esters is 1. The number of benzene rings is 1. The van der Waals surface area contributed by atoms with Crippen LogP contribution in [-0.4, -0.2) is 47.2 Å². The molecule has 0 aromatic heterocycles. The van der Waals surface area contributed by atoms with Gasteiger partial charge in [0.1, 0.15) is 19.3 Å². The lowest BCUT2D eigenvalue weighted by atomic mass is 10.0. The molecule has 2 heterocycles. The molecule has 6 heteroatoms. The molecule has 0 radical (unpaired) electrons. The molecule has 0 spiro atoms. The van der Waals surface area contributed by atoms with Gasteiger partial charge in [-0.1, -0.05) is 43.0 Å². The first-order valence-corrected chi connectivity index (χ1v) is 7.75. The molecule has 3 rings (SSSR count). The minimum absolute atomic E-state index is 0.00494. The number of hydrogen-bond donors (Lipinski definition) is 0. The van der Waals surface area contributed by atoms with Crippen molar-refractivity contribution >= 4 is 12.0 Å². The Morgan fingerprint density at radius 1 is 1.30 bits per heavy atom. The second kappa shape index (κ2) is 6.83. The van der Waals surface area contributed by atoms with Crippen LogP contribution in [0.2, 0.25) is 0 Å². The fourth-order valence-corrected chi connectivity index (χ4v) is 3.00. The van der Waals surface area contributed by atoms with Crippen molar-refractivity contribution in [1.82, 2.24) is 9.96 Å². The summed E-state index contributed by atoms with van der Waals surface area (Å²) in [5, 5.41) is 1.41. The summed E-state index contributed by atoms with van der Waals surface area (Å²) < 4.78 is 5.08. The van der Waals surface area contributed by atoms with Crippen molar-refractivity contribution in [1.29, 1.82) is 0 Å². The molecule has 6 nitrogen and oxygen atoms in total. The Kier molecular flexibility index (Phi) is 4.62. The van der Waals surface area contributed by atoms with Gasteiger partial charge in [0.15, 0.2) is 0 Å². The molecule has 2 atom stereocenters. The maximum Gasteiger partial charge on any atom is 0.345 e. The zero-order chi connectivity index (χ0) is 16.2. The second-order valence-electron chi connectivity index (χ2n) is 5.69. The molecule has 2 amide bonds. The third kappa shape index (κ3) is 3.22. The predicted octanol–water partition coefficient (Wildman–Crippen LogP) is 2.12. The first kappa shape index (κ1) is 15.6. The molecule has 23 heavy (non-hydrogen) atoms.